The van der Waals surface area contributed by atoms with Crippen molar-refractivity contribution < 1.29 is 14.0 Å². The lowest BCUT2D eigenvalue weighted by molar-refractivity contribution is -0.116. The van der Waals surface area contributed by atoms with E-state index in [-0.39, 0.29) is 47.4 Å². The van der Waals surface area contributed by atoms with Crippen molar-refractivity contribution in [3.63, 3.8) is 0 Å². The van der Waals surface area contributed by atoms with Gasteiger partial charge >= 0.3 is 0 Å². The fraction of sp³-hybridized carbons (Fsp3) is 0.500. The molecule has 3 N–H and O–H groups in total. The van der Waals surface area contributed by atoms with Crippen LogP contribution in [0.2, 0.25) is 0 Å². The van der Waals surface area contributed by atoms with Crippen molar-refractivity contribution in [3.8, 4) is 0 Å². The molecule has 0 aliphatic carbocycles. The van der Waals surface area contributed by atoms with Gasteiger partial charge in [-0.2, -0.15) is 0 Å². The second-order valence-electron chi connectivity index (χ2n) is 5.74. The standard InChI is InChI=1S/C16H24FN3O2.ClH/c1-10(2)7-15(21)20-14-6-5-12(8-13(14)17)16(22)19-9-11(3)18-4;/h5-6,8,10-11,18H,7,9H2,1-4H3,(H,19,22)(H,20,21);1H. The summed E-state index contributed by atoms with van der Waals surface area (Å²) >= 11 is 0. The van der Waals surface area contributed by atoms with Gasteiger partial charge < -0.3 is 16.0 Å². The van der Waals surface area contributed by atoms with Gasteiger partial charge in [-0.25, -0.2) is 4.39 Å². The summed E-state index contributed by atoms with van der Waals surface area (Å²) in [5, 5.41) is 8.21. The van der Waals surface area contributed by atoms with Crippen LogP contribution in [0.25, 0.3) is 0 Å². The third-order valence-corrected chi connectivity index (χ3v) is 3.16. The van der Waals surface area contributed by atoms with Crippen LogP contribution in [0.3, 0.4) is 0 Å². The van der Waals surface area contributed by atoms with E-state index in [0.717, 1.165) is 6.07 Å². The number of rotatable bonds is 7. The Labute approximate surface area is 142 Å². The van der Waals surface area contributed by atoms with Gasteiger partial charge in [-0.05, 0) is 38.1 Å². The van der Waals surface area contributed by atoms with E-state index in [2.05, 4.69) is 16.0 Å². The number of nitrogens with one attached hydrogen (secondary N) is 3. The summed E-state index contributed by atoms with van der Waals surface area (Å²) in [5.74, 6) is -1.01. The van der Waals surface area contributed by atoms with Crippen molar-refractivity contribution in [2.45, 2.75) is 33.2 Å². The van der Waals surface area contributed by atoms with Crippen molar-refractivity contribution in [3.05, 3.63) is 29.6 Å². The Hall–Kier alpha value is -1.66. The van der Waals surface area contributed by atoms with Crippen LogP contribution in [0.1, 0.15) is 37.6 Å². The monoisotopic (exact) mass is 345 g/mol. The Morgan fingerprint density at radius 2 is 1.87 bits per heavy atom. The van der Waals surface area contributed by atoms with Gasteiger partial charge in [-0.15, -0.1) is 12.4 Å². The highest BCUT2D eigenvalue weighted by atomic mass is 35.5. The van der Waals surface area contributed by atoms with Crippen molar-refractivity contribution in [2.75, 3.05) is 18.9 Å². The van der Waals surface area contributed by atoms with Gasteiger partial charge in [-0.3, -0.25) is 9.59 Å². The summed E-state index contributed by atoms with van der Waals surface area (Å²) in [4.78, 5) is 23.5. The van der Waals surface area contributed by atoms with Crippen LogP contribution in [0.5, 0.6) is 0 Å². The zero-order valence-corrected chi connectivity index (χ0v) is 14.7. The first kappa shape index (κ1) is 21.3. The number of carbonyl (C=O) groups is 2. The number of carbonyl (C=O) groups excluding carboxylic acids is 2. The summed E-state index contributed by atoms with van der Waals surface area (Å²) < 4.78 is 14.0. The third kappa shape index (κ3) is 7.43. The minimum atomic E-state index is -0.619. The van der Waals surface area contributed by atoms with E-state index >= 15 is 0 Å². The number of likely N-dealkylation sites (N-methyl/N-ethyl adjacent to an activating group) is 1. The molecular weight excluding hydrogens is 321 g/mol. The van der Waals surface area contributed by atoms with Gasteiger partial charge in [0.1, 0.15) is 5.82 Å². The predicted octanol–water partition coefficient (Wildman–Crippen LogP) is 2.57. The average Bonchev–Trinajstić information content (AvgIpc) is 2.45. The molecule has 5 nitrogen and oxygen atoms in total. The quantitative estimate of drug-likeness (QED) is 0.711. The van der Waals surface area contributed by atoms with E-state index in [1.807, 2.05) is 20.8 Å². The molecular formula is C16H25ClFN3O2. The molecule has 1 atom stereocenters. The number of hydrogen-bond donors (Lipinski definition) is 3. The molecule has 0 fully saturated rings. The van der Waals surface area contributed by atoms with Crippen LogP contribution in [0.15, 0.2) is 18.2 Å². The molecule has 0 saturated carbocycles. The van der Waals surface area contributed by atoms with E-state index in [1.165, 1.54) is 12.1 Å². The Balaban J connectivity index is 0.00000484. The van der Waals surface area contributed by atoms with Gasteiger partial charge in [-0.1, -0.05) is 13.8 Å². The molecule has 0 bridgehead atoms. The SMILES string of the molecule is CNC(C)CNC(=O)c1ccc(NC(=O)CC(C)C)c(F)c1.Cl. The topological polar surface area (TPSA) is 70.2 Å². The fourth-order valence-electron chi connectivity index (χ4n) is 1.78. The molecule has 0 radical (unpaired) electrons. The van der Waals surface area contributed by atoms with Gasteiger partial charge in [0.25, 0.3) is 5.91 Å². The molecule has 1 aromatic carbocycles. The van der Waals surface area contributed by atoms with Crippen molar-refractivity contribution in [2.24, 2.45) is 5.92 Å². The molecule has 2 amide bonds. The highest BCUT2D eigenvalue weighted by Gasteiger charge is 2.12. The highest BCUT2D eigenvalue weighted by Crippen LogP contribution is 2.16. The Morgan fingerprint density at radius 1 is 1.22 bits per heavy atom. The van der Waals surface area contributed by atoms with Gasteiger partial charge in [0.15, 0.2) is 0 Å². The molecule has 0 aliphatic heterocycles. The zero-order chi connectivity index (χ0) is 16.7. The first-order valence-corrected chi connectivity index (χ1v) is 7.38. The smallest absolute Gasteiger partial charge is 0.251 e. The number of amides is 2. The van der Waals surface area contributed by atoms with Crippen LogP contribution in [-0.2, 0) is 4.79 Å². The molecule has 0 aromatic heterocycles. The lowest BCUT2D eigenvalue weighted by Gasteiger charge is -2.12. The first-order chi connectivity index (χ1) is 10.3. The molecule has 0 saturated heterocycles. The maximum absolute atomic E-state index is 14.0. The van der Waals surface area contributed by atoms with Crippen LogP contribution >= 0.6 is 12.4 Å². The third-order valence-electron chi connectivity index (χ3n) is 3.16. The Morgan fingerprint density at radius 3 is 2.39 bits per heavy atom. The minimum absolute atomic E-state index is 0. The number of anilines is 1. The van der Waals surface area contributed by atoms with E-state index in [0.29, 0.717) is 13.0 Å². The van der Waals surface area contributed by atoms with E-state index in [9.17, 15) is 14.0 Å². The molecule has 7 heteroatoms. The number of hydrogen-bond acceptors (Lipinski definition) is 3. The van der Waals surface area contributed by atoms with E-state index < -0.39 is 5.82 Å². The lowest BCUT2D eigenvalue weighted by atomic mass is 10.1. The minimum Gasteiger partial charge on any atom is -0.350 e. The largest absolute Gasteiger partial charge is 0.350 e. The molecule has 0 aliphatic rings. The second-order valence-corrected chi connectivity index (χ2v) is 5.74. The van der Waals surface area contributed by atoms with Crippen molar-refractivity contribution in [1.82, 2.24) is 10.6 Å². The Bertz CT molecular complexity index is 538. The van der Waals surface area contributed by atoms with Crippen LogP contribution < -0.4 is 16.0 Å². The summed E-state index contributed by atoms with van der Waals surface area (Å²) in [5.41, 5.74) is 0.313. The van der Waals surface area contributed by atoms with Crippen LogP contribution in [0, 0.1) is 11.7 Å². The highest BCUT2D eigenvalue weighted by molar-refractivity contribution is 5.96. The maximum Gasteiger partial charge on any atom is 0.251 e. The summed E-state index contributed by atoms with van der Waals surface area (Å²) in [6.45, 7) is 6.20. The molecule has 1 rings (SSSR count). The second kappa shape index (κ2) is 10.2. The van der Waals surface area contributed by atoms with E-state index in [1.54, 1.807) is 7.05 Å². The Kier molecular flexibility index (Phi) is 9.44. The molecule has 0 spiro atoms. The normalized spacial score (nSPS) is 11.6. The van der Waals surface area contributed by atoms with Crippen LogP contribution in [-0.4, -0.2) is 31.4 Å². The lowest BCUT2D eigenvalue weighted by Crippen LogP contribution is -2.37. The van der Waals surface area contributed by atoms with Gasteiger partial charge in [0.05, 0.1) is 5.69 Å². The van der Waals surface area contributed by atoms with E-state index in [4.69, 9.17) is 0 Å². The first-order valence-electron chi connectivity index (χ1n) is 7.38. The molecule has 23 heavy (non-hydrogen) atoms. The van der Waals surface area contributed by atoms with Gasteiger partial charge in [0.2, 0.25) is 5.91 Å². The number of halogens is 2. The fourth-order valence-corrected chi connectivity index (χ4v) is 1.78. The van der Waals surface area contributed by atoms with Crippen molar-refractivity contribution >= 4 is 29.9 Å². The summed E-state index contributed by atoms with van der Waals surface area (Å²) in [6, 6.07) is 4.16. The predicted molar refractivity (Wildman–Crippen MR) is 92.6 cm³/mol. The average molecular weight is 346 g/mol. The summed E-state index contributed by atoms with van der Waals surface area (Å²) in [6.07, 6.45) is 0.323. The summed E-state index contributed by atoms with van der Waals surface area (Å²) in [7, 11) is 1.80. The van der Waals surface area contributed by atoms with Gasteiger partial charge in [0, 0.05) is 24.6 Å². The zero-order valence-electron chi connectivity index (χ0n) is 13.9. The number of benzene rings is 1. The van der Waals surface area contributed by atoms with Crippen LogP contribution in [0.4, 0.5) is 10.1 Å². The molecule has 130 valence electrons. The maximum atomic E-state index is 14.0. The molecule has 1 aromatic rings. The molecule has 1 unspecified atom stereocenters. The molecule has 0 heterocycles. The van der Waals surface area contributed by atoms with Crippen molar-refractivity contribution in [1.29, 1.82) is 0 Å².